The van der Waals surface area contributed by atoms with Gasteiger partial charge in [0.25, 0.3) is 0 Å². The van der Waals surface area contributed by atoms with Gasteiger partial charge < -0.3 is 4.74 Å². The number of nitrogens with zero attached hydrogens (tertiary/aromatic N) is 3. The van der Waals surface area contributed by atoms with Crippen LogP contribution in [0.15, 0.2) is 17.0 Å². The van der Waals surface area contributed by atoms with Gasteiger partial charge in [0, 0.05) is 50.8 Å². The Balaban J connectivity index is 1.32. The summed E-state index contributed by atoms with van der Waals surface area (Å²) in [5.41, 5.74) is -0.646. The minimum absolute atomic E-state index is 0.118. The maximum absolute atomic E-state index is 13.1. The SMILES string of the molecule is FC(F)(F)c1nc(Cl)ccc1SN1CC2(C1)CN(C1CCOCC1)C2. The molecular weight excluding hydrogens is 375 g/mol. The molecule has 4 rings (SSSR count). The average Bonchev–Trinajstić information content (AvgIpc) is 2.49. The lowest BCUT2D eigenvalue weighted by Crippen LogP contribution is -2.72. The fourth-order valence-corrected chi connectivity index (χ4v) is 5.41. The van der Waals surface area contributed by atoms with E-state index in [1.165, 1.54) is 12.1 Å². The summed E-state index contributed by atoms with van der Waals surface area (Å²) in [4.78, 5) is 6.09. The number of halogens is 4. The minimum atomic E-state index is -4.49. The molecule has 4 heterocycles. The maximum Gasteiger partial charge on any atom is 0.434 e. The fourth-order valence-electron chi connectivity index (χ4n) is 3.93. The van der Waals surface area contributed by atoms with Crippen molar-refractivity contribution < 1.29 is 17.9 Å². The molecule has 4 nitrogen and oxygen atoms in total. The maximum atomic E-state index is 13.1. The molecule has 0 aromatic carbocycles. The van der Waals surface area contributed by atoms with Crippen molar-refractivity contribution in [2.24, 2.45) is 5.41 Å². The van der Waals surface area contributed by atoms with Crippen LogP contribution in [0.5, 0.6) is 0 Å². The van der Waals surface area contributed by atoms with E-state index in [2.05, 4.69) is 9.88 Å². The second-order valence-electron chi connectivity index (χ2n) is 7.12. The Bertz CT molecular complexity index is 640. The molecule has 0 aliphatic carbocycles. The molecular formula is C16H19ClF3N3OS. The summed E-state index contributed by atoms with van der Waals surface area (Å²) in [6, 6.07) is 3.42. The fraction of sp³-hybridized carbons (Fsp3) is 0.688. The zero-order chi connectivity index (χ0) is 17.7. The molecule has 0 bridgehead atoms. The van der Waals surface area contributed by atoms with E-state index in [4.69, 9.17) is 16.3 Å². The Morgan fingerprint density at radius 1 is 1.16 bits per heavy atom. The van der Waals surface area contributed by atoms with Crippen LogP contribution in [-0.4, -0.2) is 59.6 Å². The molecule has 138 valence electrons. The molecule has 0 unspecified atom stereocenters. The van der Waals surface area contributed by atoms with Gasteiger partial charge in [-0.3, -0.25) is 4.90 Å². The van der Waals surface area contributed by atoms with Crippen molar-refractivity contribution in [3.63, 3.8) is 0 Å². The molecule has 9 heteroatoms. The lowest BCUT2D eigenvalue weighted by Gasteiger charge is -2.62. The van der Waals surface area contributed by atoms with E-state index >= 15 is 0 Å². The van der Waals surface area contributed by atoms with Crippen LogP contribution >= 0.6 is 23.5 Å². The zero-order valence-electron chi connectivity index (χ0n) is 13.6. The normalized spacial score (nSPS) is 25.0. The van der Waals surface area contributed by atoms with Crippen LogP contribution < -0.4 is 0 Å². The Morgan fingerprint density at radius 2 is 1.84 bits per heavy atom. The molecule has 1 aromatic rings. The molecule has 0 saturated carbocycles. The minimum Gasteiger partial charge on any atom is -0.381 e. The van der Waals surface area contributed by atoms with Gasteiger partial charge in [0.15, 0.2) is 5.69 Å². The van der Waals surface area contributed by atoms with E-state index in [-0.39, 0.29) is 15.5 Å². The first-order valence-electron chi connectivity index (χ1n) is 8.33. The third-order valence-corrected chi connectivity index (χ3v) is 6.38. The predicted octanol–water partition coefficient (Wildman–Crippen LogP) is 3.56. The molecule has 0 amide bonds. The molecule has 1 aromatic heterocycles. The molecule has 0 N–H and O–H groups in total. The van der Waals surface area contributed by atoms with Crippen molar-refractivity contribution in [2.75, 3.05) is 39.4 Å². The Labute approximate surface area is 153 Å². The van der Waals surface area contributed by atoms with E-state index in [0.717, 1.165) is 64.2 Å². The van der Waals surface area contributed by atoms with Gasteiger partial charge in [-0.05, 0) is 36.9 Å². The summed E-state index contributed by atoms with van der Waals surface area (Å²) >= 11 is 6.76. The lowest BCUT2D eigenvalue weighted by molar-refractivity contribution is -0.143. The van der Waals surface area contributed by atoms with Crippen molar-refractivity contribution in [3.05, 3.63) is 23.0 Å². The lowest BCUT2D eigenvalue weighted by atomic mass is 9.73. The Morgan fingerprint density at radius 3 is 2.48 bits per heavy atom. The number of hydrogen-bond acceptors (Lipinski definition) is 5. The number of aromatic nitrogens is 1. The molecule has 3 saturated heterocycles. The molecule has 3 aliphatic rings. The standard InChI is InChI=1S/C16H19ClF3N3OS/c17-13-2-1-12(14(21-13)16(18,19)20)25-23-9-15(10-23)7-22(8-15)11-3-5-24-6-4-11/h1-2,11H,3-10H2. The first kappa shape index (κ1) is 17.9. The molecule has 0 radical (unpaired) electrons. The van der Waals surface area contributed by atoms with Crippen LogP contribution in [0.25, 0.3) is 0 Å². The van der Waals surface area contributed by atoms with Gasteiger partial charge in [-0.15, -0.1) is 0 Å². The van der Waals surface area contributed by atoms with Crippen LogP contribution in [0, 0.1) is 5.41 Å². The summed E-state index contributed by atoms with van der Waals surface area (Å²) in [5.74, 6) is 0. The van der Waals surface area contributed by atoms with Gasteiger partial charge in [-0.1, -0.05) is 11.6 Å². The quantitative estimate of drug-likeness (QED) is 0.578. The highest BCUT2D eigenvalue weighted by molar-refractivity contribution is 7.97. The van der Waals surface area contributed by atoms with Crippen LogP contribution in [0.4, 0.5) is 13.2 Å². The monoisotopic (exact) mass is 393 g/mol. The number of likely N-dealkylation sites (tertiary alicyclic amines) is 1. The van der Waals surface area contributed by atoms with Crippen molar-refractivity contribution >= 4 is 23.5 Å². The highest BCUT2D eigenvalue weighted by atomic mass is 35.5. The highest BCUT2D eigenvalue weighted by Crippen LogP contribution is 2.47. The van der Waals surface area contributed by atoms with Gasteiger partial charge in [-0.25, -0.2) is 9.29 Å². The molecule has 1 spiro atoms. The van der Waals surface area contributed by atoms with Crippen molar-refractivity contribution in [3.8, 4) is 0 Å². The first-order chi connectivity index (χ1) is 11.8. The number of alkyl halides is 3. The molecule has 0 atom stereocenters. The number of hydrogen-bond donors (Lipinski definition) is 0. The Hall–Kier alpha value is -0.540. The summed E-state index contributed by atoms with van der Waals surface area (Å²) in [6.07, 6.45) is -2.33. The van der Waals surface area contributed by atoms with Crippen LogP contribution in [0.2, 0.25) is 5.15 Å². The van der Waals surface area contributed by atoms with Gasteiger partial charge in [-0.2, -0.15) is 13.2 Å². The number of ether oxygens (including phenoxy) is 1. The first-order valence-corrected chi connectivity index (χ1v) is 9.48. The van der Waals surface area contributed by atoms with Crippen LogP contribution in [0.3, 0.4) is 0 Å². The van der Waals surface area contributed by atoms with Crippen LogP contribution in [-0.2, 0) is 10.9 Å². The summed E-state index contributed by atoms with van der Waals surface area (Å²) in [5, 5.41) is -0.136. The third kappa shape index (κ3) is 3.64. The largest absolute Gasteiger partial charge is 0.434 e. The highest BCUT2D eigenvalue weighted by Gasteiger charge is 2.53. The number of rotatable bonds is 3. The predicted molar refractivity (Wildman–Crippen MR) is 89.5 cm³/mol. The summed E-state index contributed by atoms with van der Waals surface area (Å²) < 4.78 is 46.7. The molecule has 25 heavy (non-hydrogen) atoms. The van der Waals surface area contributed by atoms with E-state index in [9.17, 15) is 13.2 Å². The van der Waals surface area contributed by atoms with Gasteiger partial charge in [0.05, 0.1) is 4.90 Å². The van der Waals surface area contributed by atoms with E-state index in [1.54, 1.807) is 0 Å². The van der Waals surface area contributed by atoms with Gasteiger partial charge >= 0.3 is 6.18 Å². The second-order valence-corrected chi connectivity index (χ2v) is 8.64. The van der Waals surface area contributed by atoms with Crippen molar-refractivity contribution in [2.45, 2.75) is 30.0 Å². The van der Waals surface area contributed by atoms with Gasteiger partial charge in [0.2, 0.25) is 0 Å². The molecule has 3 aliphatic heterocycles. The topological polar surface area (TPSA) is 28.6 Å². The summed E-state index contributed by atoms with van der Waals surface area (Å²) in [7, 11) is 0. The third-order valence-electron chi connectivity index (χ3n) is 5.13. The van der Waals surface area contributed by atoms with Crippen LogP contribution in [0.1, 0.15) is 18.5 Å². The number of pyridine rings is 1. The summed E-state index contributed by atoms with van der Waals surface area (Å²) in [6.45, 7) is 5.38. The second kappa shape index (κ2) is 6.56. The van der Waals surface area contributed by atoms with Crippen molar-refractivity contribution in [1.82, 2.24) is 14.2 Å². The van der Waals surface area contributed by atoms with Crippen molar-refractivity contribution in [1.29, 1.82) is 0 Å². The molecule has 3 fully saturated rings. The zero-order valence-corrected chi connectivity index (χ0v) is 15.1. The van der Waals surface area contributed by atoms with E-state index < -0.39 is 11.9 Å². The van der Waals surface area contributed by atoms with E-state index in [1.807, 2.05) is 4.31 Å². The van der Waals surface area contributed by atoms with E-state index in [0.29, 0.717) is 6.04 Å². The smallest absolute Gasteiger partial charge is 0.381 e. The van der Waals surface area contributed by atoms with Gasteiger partial charge in [0.1, 0.15) is 5.15 Å². The Kier molecular flexibility index (Phi) is 4.69. The average molecular weight is 394 g/mol.